The molecule has 7 nitrogen and oxygen atoms in total. The van der Waals surface area contributed by atoms with Crippen molar-refractivity contribution in [3.8, 4) is 11.5 Å². The van der Waals surface area contributed by atoms with Gasteiger partial charge in [0.15, 0.2) is 5.96 Å². The van der Waals surface area contributed by atoms with Crippen LogP contribution in [0.25, 0.3) is 0 Å². The van der Waals surface area contributed by atoms with Crippen LogP contribution < -0.4 is 20.1 Å². The molecule has 0 radical (unpaired) electrons. The third-order valence-electron chi connectivity index (χ3n) is 5.03. The van der Waals surface area contributed by atoms with Gasteiger partial charge in [-0.15, -0.1) is 0 Å². The zero-order chi connectivity index (χ0) is 21.0. The van der Waals surface area contributed by atoms with Gasteiger partial charge in [0.2, 0.25) is 0 Å². The fourth-order valence-electron chi connectivity index (χ4n) is 3.23. The van der Waals surface area contributed by atoms with E-state index in [4.69, 9.17) is 14.2 Å². The number of hydrogen-bond acceptors (Lipinski definition) is 5. The smallest absolute Gasteiger partial charge is 0.191 e. The van der Waals surface area contributed by atoms with Gasteiger partial charge in [-0.3, -0.25) is 9.89 Å². The van der Waals surface area contributed by atoms with Crippen molar-refractivity contribution in [3.63, 3.8) is 0 Å². The molecule has 3 rings (SSSR count). The van der Waals surface area contributed by atoms with E-state index in [2.05, 4.69) is 26.6 Å². The minimum absolute atomic E-state index is 0.635. The number of rotatable bonds is 9. The van der Waals surface area contributed by atoms with Gasteiger partial charge in [-0.05, 0) is 23.8 Å². The normalized spacial score (nSPS) is 14.9. The summed E-state index contributed by atoms with van der Waals surface area (Å²) in [5.74, 6) is 2.50. The number of para-hydroxylation sites is 1. The van der Waals surface area contributed by atoms with Crippen LogP contribution in [-0.4, -0.2) is 64.5 Å². The summed E-state index contributed by atoms with van der Waals surface area (Å²) in [7, 11) is 3.44. The molecule has 2 N–H and O–H groups in total. The van der Waals surface area contributed by atoms with Crippen LogP contribution in [0, 0.1) is 0 Å². The van der Waals surface area contributed by atoms with E-state index in [0.29, 0.717) is 19.7 Å². The van der Waals surface area contributed by atoms with Crippen LogP contribution in [0.1, 0.15) is 11.1 Å². The van der Waals surface area contributed by atoms with Gasteiger partial charge in [0.05, 0.1) is 20.3 Å². The van der Waals surface area contributed by atoms with Gasteiger partial charge in [0.25, 0.3) is 0 Å². The van der Waals surface area contributed by atoms with Crippen molar-refractivity contribution in [1.29, 1.82) is 0 Å². The average Bonchev–Trinajstić information content (AvgIpc) is 2.81. The molecule has 2 aromatic rings. The van der Waals surface area contributed by atoms with Gasteiger partial charge in [-0.2, -0.15) is 0 Å². The molecule has 0 aliphatic carbocycles. The summed E-state index contributed by atoms with van der Waals surface area (Å²) >= 11 is 0. The Kier molecular flexibility index (Phi) is 8.80. The number of nitrogens with one attached hydrogen (secondary N) is 2. The number of guanidine groups is 1. The molecule has 1 fully saturated rings. The molecule has 0 atom stereocenters. The van der Waals surface area contributed by atoms with Crippen LogP contribution in [-0.2, 0) is 17.8 Å². The van der Waals surface area contributed by atoms with Crippen molar-refractivity contribution in [2.24, 2.45) is 4.99 Å². The predicted molar refractivity (Wildman–Crippen MR) is 119 cm³/mol. The molecule has 0 amide bonds. The first-order chi connectivity index (χ1) is 14.8. The van der Waals surface area contributed by atoms with Gasteiger partial charge in [-0.1, -0.05) is 30.3 Å². The van der Waals surface area contributed by atoms with Crippen LogP contribution in [0.2, 0.25) is 0 Å². The van der Waals surface area contributed by atoms with Gasteiger partial charge in [-0.25, -0.2) is 0 Å². The third-order valence-corrected chi connectivity index (χ3v) is 5.03. The SMILES string of the molecule is CN=C(NCc1ccc(OC)cc1)NCc1ccccc1OCCN1CCOCC1. The van der Waals surface area contributed by atoms with Crippen LogP contribution in [0.15, 0.2) is 53.5 Å². The number of benzene rings is 2. The summed E-state index contributed by atoms with van der Waals surface area (Å²) in [6.07, 6.45) is 0. The van der Waals surface area contributed by atoms with Crippen LogP contribution in [0.4, 0.5) is 0 Å². The molecular weight excluding hydrogens is 380 g/mol. The summed E-state index contributed by atoms with van der Waals surface area (Å²) in [6.45, 7) is 6.47. The first-order valence-corrected chi connectivity index (χ1v) is 10.4. The fourth-order valence-corrected chi connectivity index (χ4v) is 3.23. The van der Waals surface area contributed by atoms with Crippen LogP contribution in [0.5, 0.6) is 11.5 Å². The zero-order valence-electron chi connectivity index (χ0n) is 17.9. The Labute approximate surface area is 179 Å². The number of hydrogen-bond donors (Lipinski definition) is 2. The lowest BCUT2D eigenvalue weighted by Gasteiger charge is -2.26. The van der Waals surface area contributed by atoms with Crippen molar-refractivity contribution in [2.75, 3.05) is 53.6 Å². The van der Waals surface area contributed by atoms with Crippen molar-refractivity contribution in [3.05, 3.63) is 59.7 Å². The second-order valence-corrected chi connectivity index (χ2v) is 7.04. The van der Waals surface area contributed by atoms with Gasteiger partial charge >= 0.3 is 0 Å². The van der Waals surface area contributed by atoms with Gasteiger partial charge in [0.1, 0.15) is 18.1 Å². The monoisotopic (exact) mass is 412 g/mol. The molecule has 1 saturated heterocycles. The Balaban J connectivity index is 1.46. The maximum atomic E-state index is 6.06. The van der Waals surface area contributed by atoms with Crippen molar-refractivity contribution >= 4 is 5.96 Å². The Morgan fingerprint density at radius 1 is 1.03 bits per heavy atom. The van der Waals surface area contributed by atoms with E-state index in [1.807, 2.05) is 42.5 Å². The standard InChI is InChI=1S/C23H32N4O3/c1-24-23(25-17-19-7-9-21(28-2)10-8-19)26-18-20-5-3-4-6-22(20)30-16-13-27-11-14-29-15-12-27/h3-10H,11-18H2,1-2H3,(H2,24,25,26). The maximum Gasteiger partial charge on any atom is 0.191 e. The lowest BCUT2D eigenvalue weighted by atomic mass is 10.2. The van der Waals surface area contributed by atoms with Crippen LogP contribution in [0.3, 0.4) is 0 Å². The number of nitrogens with zero attached hydrogens (tertiary/aromatic N) is 2. The minimum Gasteiger partial charge on any atom is -0.497 e. The number of ether oxygens (including phenoxy) is 3. The van der Waals surface area contributed by atoms with Crippen molar-refractivity contribution in [1.82, 2.24) is 15.5 Å². The Hall–Kier alpha value is -2.77. The Morgan fingerprint density at radius 3 is 2.50 bits per heavy atom. The molecule has 1 heterocycles. The summed E-state index contributed by atoms with van der Waals surface area (Å²) < 4.78 is 16.7. The molecule has 0 aromatic heterocycles. The predicted octanol–water partition coefficient (Wildman–Crippen LogP) is 2.27. The number of aliphatic imine (C=N–C) groups is 1. The zero-order valence-corrected chi connectivity index (χ0v) is 17.9. The summed E-state index contributed by atoms with van der Waals surface area (Å²) in [4.78, 5) is 6.69. The molecule has 1 aliphatic heterocycles. The molecule has 1 aliphatic rings. The minimum atomic E-state index is 0.635. The topological polar surface area (TPSA) is 67.4 Å². The molecule has 0 saturated carbocycles. The molecule has 2 aromatic carbocycles. The molecular formula is C23H32N4O3. The molecule has 7 heteroatoms. The van der Waals surface area contributed by atoms with Crippen molar-refractivity contribution in [2.45, 2.75) is 13.1 Å². The lowest BCUT2D eigenvalue weighted by Crippen LogP contribution is -2.38. The van der Waals surface area contributed by atoms with E-state index in [1.54, 1.807) is 14.2 Å². The first kappa shape index (κ1) is 21.9. The maximum absolute atomic E-state index is 6.06. The molecule has 162 valence electrons. The van der Waals surface area contributed by atoms with E-state index in [0.717, 1.165) is 61.4 Å². The lowest BCUT2D eigenvalue weighted by molar-refractivity contribution is 0.0322. The van der Waals surface area contributed by atoms with Crippen LogP contribution >= 0.6 is 0 Å². The highest BCUT2D eigenvalue weighted by Crippen LogP contribution is 2.18. The van der Waals surface area contributed by atoms with E-state index in [-0.39, 0.29) is 0 Å². The number of methoxy groups -OCH3 is 1. The average molecular weight is 413 g/mol. The Bertz CT molecular complexity index is 789. The molecule has 30 heavy (non-hydrogen) atoms. The van der Waals surface area contributed by atoms with E-state index in [9.17, 15) is 0 Å². The third kappa shape index (κ3) is 6.93. The fraction of sp³-hybridized carbons (Fsp3) is 0.435. The molecule has 0 unspecified atom stereocenters. The summed E-state index contributed by atoms with van der Waals surface area (Å²) in [6, 6.07) is 16.1. The van der Waals surface area contributed by atoms with Crippen molar-refractivity contribution < 1.29 is 14.2 Å². The molecule has 0 spiro atoms. The van der Waals surface area contributed by atoms with Gasteiger partial charge < -0.3 is 24.8 Å². The summed E-state index contributed by atoms with van der Waals surface area (Å²) in [5, 5.41) is 6.70. The molecule has 0 bridgehead atoms. The van der Waals surface area contributed by atoms with E-state index in [1.165, 1.54) is 0 Å². The first-order valence-electron chi connectivity index (χ1n) is 10.4. The second-order valence-electron chi connectivity index (χ2n) is 7.04. The highest BCUT2D eigenvalue weighted by Gasteiger charge is 2.11. The quantitative estimate of drug-likeness (QED) is 0.487. The highest BCUT2D eigenvalue weighted by atomic mass is 16.5. The van der Waals surface area contributed by atoms with E-state index < -0.39 is 0 Å². The largest absolute Gasteiger partial charge is 0.497 e. The van der Waals surface area contributed by atoms with E-state index >= 15 is 0 Å². The number of morpholine rings is 1. The second kappa shape index (κ2) is 12.0. The van der Waals surface area contributed by atoms with Gasteiger partial charge in [0, 0.05) is 45.3 Å². The highest BCUT2D eigenvalue weighted by molar-refractivity contribution is 5.79. The summed E-state index contributed by atoms with van der Waals surface area (Å²) in [5.41, 5.74) is 2.26. The Morgan fingerprint density at radius 2 is 1.77 bits per heavy atom.